The summed E-state index contributed by atoms with van der Waals surface area (Å²) in [6.07, 6.45) is 3.55. The number of likely N-dealkylation sites (tertiary alicyclic amines) is 1. The summed E-state index contributed by atoms with van der Waals surface area (Å²) >= 11 is 0. The van der Waals surface area contributed by atoms with Crippen LogP contribution in [0.2, 0.25) is 0 Å². The molecule has 120 valence electrons. The predicted octanol–water partition coefficient (Wildman–Crippen LogP) is 2.39. The van der Waals surface area contributed by atoms with Crippen molar-refractivity contribution in [2.24, 2.45) is 5.92 Å². The van der Waals surface area contributed by atoms with E-state index in [0.29, 0.717) is 5.91 Å². The van der Waals surface area contributed by atoms with E-state index in [-0.39, 0.29) is 5.92 Å². The highest BCUT2D eigenvalue weighted by Gasteiger charge is 2.37. The van der Waals surface area contributed by atoms with E-state index in [0.717, 1.165) is 61.3 Å². The molecule has 23 heavy (non-hydrogen) atoms. The Morgan fingerprint density at radius 3 is 2.48 bits per heavy atom. The van der Waals surface area contributed by atoms with Crippen molar-refractivity contribution in [3.8, 4) is 0 Å². The van der Waals surface area contributed by atoms with Crippen molar-refractivity contribution in [1.82, 2.24) is 15.1 Å². The van der Waals surface area contributed by atoms with Gasteiger partial charge in [0.1, 0.15) is 0 Å². The summed E-state index contributed by atoms with van der Waals surface area (Å²) in [6.45, 7) is 5.37. The number of amides is 1. The highest BCUT2D eigenvalue weighted by atomic mass is 16.2. The van der Waals surface area contributed by atoms with E-state index in [2.05, 4.69) is 27.2 Å². The van der Waals surface area contributed by atoms with Gasteiger partial charge >= 0.3 is 0 Å². The standard InChI is InChI=1S/C18H22N4O/c1-13-15-7-3-4-8-16(15)17(20-19-13)22-11-14(12-22)18(23)21-9-5-2-6-10-21/h3-4,7-8,14H,2,5-6,9-12H2,1H3. The Labute approximate surface area is 136 Å². The first-order valence-electron chi connectivity index (χ1n) is 8.50. The largest absolute Gasteiger partial charge is 0.353 e. The molecule has 2 fully saturated rings. The molecular weight excluding hydrogens is 288 g/mol. The first-order chi connectivity index (χ1) is 11.2. The highest BCUT2D eigenvalue weighted by Crippen LogP contribution is 2.31. The number of carbonyl (C=O) groups excluding carboxylic acids is 1. The van der Waals surface area contributed by atoms with E-state index < -0.39 is 0 Å². The molecule has 1 aromatic carbocycles. The lowest BCUT2D eigenvalue weighted by molar-refractivity contribution is -0.137. The molecule has 3 heterocycles. The number of fused-ring (bicyclic) bond motifs is 1. The number of hydrogen-bond acceptors (Lipinski definition) is 4. The van der Waals surface area contributed by atoms with Crippen LogP contribution in [0.5, 0.6) is 0 Å². The second-order valence-electron chi connectivity index (χ2n) is 6.64. The number of benzene rings is 1. The van der Waals surface area contributed by atoms with Crippen LogP contribution in [0, 0.1) is 12.8 Å². The third kappa shape index (κ3) is 2.54. The molecule has 0 atom stereocenters. The maximum atomic E-state index is 12.5. The van der Waals surface area contributed by atoms with E-state index in [1.165, 1.54) is 6.42 Å². The molecule has 5 heteroatoms. The molecule has 2 aromatic rings. The molecule has 0 saturated carbocycles. The lowest BCUT2D eigenvalue weighted by atomic mass is 9.96. The van der Waals surface area contributed by atoms with Crippen LogP contribution >= 0.6 is 0 Å². The van der Waals surface area contributed by atoms with E-state index in [1.54, 1.807) is 0 Å². The average Bonchev–Trinajstić information content (AvgIpc) is 2.56. The normalized spacial score (nSPS) is 19.0. The molecule has 2 aliphatic rings. The molecule has 2 saturated heterocycles. The second-order valence-corrected chi connectivity index (χ2v) is 6.64. The molecule has 4 rings (SSSR count). The Hall–Kier alpha value is -2.17. The Balaban J connectivity index is 1.50. The van der Waals surface area contributed by atoms with Gasteiger partial charge in [-0.1, -0.05) is 24.3 Å². The van der Waals surface area contributed by atoms with Gasteiger partial charge in [0.2, 0.25) is 5.91 Å². The smallest absolute Gasteiger partial charge is 0.229 e. The average molecular weight is 310 g/mol. The lowest BCUT2D eigenvalue weighted by Gasteiger charge is -2.42. The van der Waals surface area contributed by atoms with Crippen molar-refractivity contribution in [2.75, 3.05) is 31.1 Å². The van der Waals surface area contributed by atoms with Gasteiger partial charge in [0, 0.05) is 37.0 Å². The van der Waals surface area contributed by atoms with Crippen molar-refractivity contribution in [3.05, 3.63) is 30.0 Å². The molecule has 0 spiro atoms. The monoisotopic (exact) mass is 310 g/mol. The van der Waals surface area contributed by atoms with Crippen LogP contribution in [0.4, 0.5) is 5.82 Å². The van der Waals surface area contributed by atoms with Crippen LogP contribution in [0.1, 0.15) is 25.0 Å². The van der Waals surface area contributed by atoms with Gasteiger partial charge in [-0.25, -0.2) is 0 Å². The van der Waals surface area contributed by atoms with Crippen LogP contribution in [0.25, 0.3) is 10.8 Å². The quantitative estimate of drug-likeness (QED) is 0.854. The molecule has 1 amide bonds. The van der Waals surface area contributed by atoms with Crippen LogP contribution < -0.4 is 4.90 Å². The summed E-state index contributed by atoms with van der Waals surface area (Å²) in [7, 11) is 0. The SMILES string of the molecule is Cc1nnc(N2CC(C(=O)N3CCCCC3)C2)c2ccccc12. The van der Waals surface area contributed by atoms with Crippen molar-refractivity contribution >= 4 is 22.5 Å². The predicted molar refractivity (Wildman–Crippen MR) is 90.4 cm³/mol. The second kappa shape index (κ2) is 5.80. The number of aryl methyl sites for hydroxylation is 1. The topological polar surface area (TPSA) is 49.3 Å². The molecule has 0 N–H and O–H groups in total. The minimum atomic E-state index is 0.120. The first-order valence-corrected chi connectivity index (χ1v) is 8.50. The molecule has 5 nitrogen and oxygen atoms in total. The third-order valence-corrected chi connectivity index (χ3v) is 5.05. The van der Waals surface area contributed by atoms with Crippen molar-refractivity contribution in [1.29, 1.82) is 0 Å². The maximum Gasteiger partial charge on any atom is 0.229 e. The molecule has 2 aliphatic heterocycles. The summed E-state index contributed by atoms with van der Waals surface area (Å²) in [6, 6.07) is 8.23. The zero-order chi connectivity index (χ0) is 15.8. The van der Waals surface area contributed by atoms with E-state index >= 15 is 0 Å². The van der Waals surface area contributed by atoms with Gasteiger partial charge in [-0.05, 0) is 26.2 Å². The number of rotatable bonds is 2. The summed E-state index contributed by atoms with van der Waals surface area (Å²) in [4.78, 5) is 16.8. The summed E-state index contributed by atoms with van der Waals surface area (Å²) in [5.74, 6) is 1.36. The van der Waals surface area contributed by atoms with Gasteiger partial charge in [-0.2, -0.15) is 5.10 Å². The molecule has 0 radical (unpaired) electrons. The Morgan fingerprint density at radius 2 is 1.74 bits per heavy atom. The Bertz CT molecular complexity index is 733. The van der Waals surface area contributed by atoms with E-state index in [1.807, 2.05) is 24.0 Å². The molecular formula is C18H22N4O. The number of nitrogens with zero attached hydrogens (tertiary/aromatic N) is 4. The van der Waals surface area contributed by atoms with Crippen LogP contribution in [-0.4, -0.2) is 47.2 Å². The Kier molecular flexibility index (Phi) is 3.63. The number of piperidine rings is 1. The van der Waals surface area contributed by atoms with Crippen molar-refractivity contribution in [3.63, 3.8) is 0 Å². The van der Waals surface area contributed by atoms with Gasteiger partial charge in [0.25, 0.3) is 0 Å². The van der Waals surface area contributed by atoms with E-state index in [9.17, 15) is 4.79 Å². The van der Waals surface area contributed by atoms with Crippen molar-refractivity contribution in [2.45, 2.75) is 26.2 Å². The third-order valence-electron chi connectivity index (χ3n) is 5.05. The van der Waals surface area contributed by atoms with Crippen LogP contribution in [-0.2, 0) is 4.79 Å². The zero-order valence-corrected chi connectivity index (χ0v) is 13.5. The molecule has 0 unspecified atom stereocenters. The lowest BCUT2D eigenvalue weighted by Crippen LogP contribution is -2.55. The fraction of sp³-hybridized carbons (Fsp3) is 0.500. The van der Waals surface area contributed by atoms with Gasteiger partial charge < -0.3 is 9.80 Å². The highest BCUT2D eigenvalue weighted by molar-refractivity contribution is 5.94. The van der Waals surface area contributed by atoms with Crippen LogP contribution in [0.15, 0.2) is 24.3 Å². The maximum absolute atomic E-state index is 12.5. The number of hydrogen-bond donors (Lipinski definition) is 0. The number of anilines is 1. The molecule has 0 aliphatic carbocycles. The van der Waals surface area contributed by atoms with Gasteiger partial charge in [-0.3, -0.25) is 4.79 Å². The fourth-order valence-corrected chi connectivity index (χ4v) is 3.64. The van der Waals surface area contributed by atoms with Gasteiger partial charge in [-0.15, -0.1) is 5.10 Å². The summed E-state index contributed by atoms with van der Waals surface area (Å²) in [5, 5.41) is 10.9. The first kappa shape index (κ1) is 14.4. The molecule has 1 aromatic heterocycles. The minimum absolute atomic E-state index is 0.120. The summed E-state index contributed by atoms with van der Waals surface area (Å²) < 4.78 is 0. The number of aromatic nitrogens is 2. The van der Waals surface area contributed by atoms with Crippen molar-refractivity contribution < 1.29 is 4.79 Å². The molecule has 0 bridgehead atoms. The van der Waals surface area contributed by atoms with E-state index in [4.69, 9.17) is 0 Å². The fourth-order valence-electron chi connectivity index (χ4n) is 3.64. The van der Waals surface area contributed by atoms with Gasteiger partial charge in [0.15, 0.2) is 5.82 Å². The number of carbonyl (C=O) groups is 1. The van der Waals surface area contributed by atoms with Crippen LogP contribution in [0.3, 0.4) is 0 Å². The minimum Gasteiger partial charge on any atom is -0.353 e. The summed E-state index contributed by atoms with van der Waals surface area (Å²) in [5.41, 5.74) is 0.950. The zero-order valence-electron chi connectivity index (χ0n) is 13.5. The Morgan fingerprint density at radius 1 is 1.04 bits per heavy atom. The van der Waals surface area contributed by atoms with Gasteiger partial charge in [0.05, 0.1) is 11.6 Å².